The average Bonchev–Trinajstić information content (AvgIpc) is 3.15. The summed E-state index contributed by atoms with van der Waals surface area (Å²) in [5.41, 5.74) is 0.131. The summed E-state index contributed by atoms with van der Waals surface area (Å²) in [6.45, 7) is 6.44. The molecular formula is C26H44O5. The van der Waals surface area contributed by atoms with Crippen molar-refractivity contribution in [2.75, 3.05) is 0 Å². The molecule has 0 aliphatic heterocycles. The van der Waals surface area contributed by atoms with Gasteiger partial charge in [-0.25, -0.2) is 0 Å². The molecule has 0 saturated heterocycles. The van der Waals surface area contributed by atoms with E-state index in [0.29, 0.717) is 29.6 Å². The predicted molar refractivity (Wildman–Crippen MR) is 119 cm³/mol. The van der Waals surface area contributed by atoms with Gasteiger partial charge in [-0.2, -0.15) is 0 Å². The molecule has 12 atom stereocenters. The highest BCUT2D eigenvalue weighted by atomic mass is 16.4. The first kappa shape index (κ1) is 23.5. The highest BCUT2D eigenvalue weighted by Gasteiger charge is 2.61. The van der Waals surface area contributed by atoms with Gasteiger partial charge >= 0.3 is 5.97 Å². The largest absolute Gasteiger partial charge is 0.481 e. The van der Waals surface area contributed by atoms with E-state index in [1.54, 1.807) is 6.92 Å². The van der Waals surface area contributed by atoms with Crippen molar-refractivity contribution in [1.29, 1.82) is 0 Å². The van der Waals surface area contributed by atoms with Crippen molar-refractivity contribution >= 4 is 5.97 Å². The first-order chi connectivity index (χ1) is 14.6. The van der Waals surface area contributed by atoms with E-state index in [2.05, 4.69) is 13.8 Å². The zero-order chi connectivity index (χ0) is 22.5. The molecule has 0 aromatic heterocycles. The lowest BCUT2D eigenvalue weighted by atomic mass is 9.45. The number of aliphatic hydroxyl groups is 3. The Morgan fingerprint density at radius 1 is 0.968 bits per heavy atom. The molecular weight excluding hydrogens is 392 g/mol. The molecule has 4 aliphatic rings. The minimum Gasteiger partial charge on any atom is -0.481 e. The second kappa shape index (κ2) is 8.95. The molecule has 4 N–H and O–H groups in total. The Morgan fingerprint density at radius 3 is 2.39 bits per heavy atom. The van der Waals surface area contributed by atoms with Gasteiger partial charge < -0.3 is 20.4 Å². The quantitative estimate of drug-likeness (QED) is 0.503. The Morgan fingerprint density at radius 2 is 1.68 bits per heavy atom. The van der Waals surface area contributed by atoms with Crippen LogP contribution in [0.1, 0.15) is 85.0 Å². The van der Waals surface area contributed by atoms with Gasteiger partial charge in [0.2, 0.25) is 0 Å². The molecule has 0 radical (unpaired) electrons. The average molecular weight is 437 g/mol. The van der Waals surface area contributed by atoms with Crippen molar-refractivity contribution in [3.05, 3.63) is 0 Å². The number of rotatable bonds is 6. The number of aliphatic hydroxyl groups excluding tert-OH is 3. The van der Waals surface area contributed by atoms with Crippen LogP contribution in [-0.4, -0.2) is 44.7 Å². The number of carbonyl (C=O) groups is 1. The number of aliphatic carboxylic acids is 1. The fourth-order valence-electron chi connectivity index (χ4n) is 8.69. The molecule has 0 amide bonds. The number of carboxylic acid groups (broad SMARTS) is 1. The van der Waals surface area contributed by atoms with Crippen molar-refractivity contribution in [3.8, 4) is 0 Å². The number of fused-ring (bicyclic) bond motifs is 5. The van der Waals surface area contributed by atoms with Crippen LogP contribution < -0.4 is 0 Å². The summed E-state index contributed by atoms with van der Waals surface area (Å²) in [5.74, 6) is 1.65. The Bertz CT molecular complexity index is 652. The van der Waals surface area contributed by atoms with Crippen LogP contribution in [0.5, 0.6) is 0 Å². The molecule has 0 aromatic carbocycles. The van der Waals surface area contributed by atoms with E-state index in [4.69, 9.17) is 5.11 Å². The van der Waals surface area contributed by atoms with Crippen molar-refractivity contribution in [1.82, 2.24) is 0 Å². The monoisotopic (exact) mass is 436 g/mol. The molecule has 0 heterocycles. The summed E-state index contributed by atoms with van der Waals surface area (Å²) in [6, 6.07) is 0. The Kier molecular flexibility index (Phi) is 6.78. The van der Waals surface area contributed by atoms with Gasteiger partial charge in [-0.1, -0.05) is 33.6 Å². The van der Waals surface area contributed by atoms with Gasteiger partial charge in [-0.05, 0) is 98.2 Å². The molecule has 178 valence electrons. The first-order valence-electron chi connectivity index (χ1n) is 12.9. The molecule has 4 rings (SSSR count). The lowest BCUT2D eigenvalue weighted by Gasteiger charge is -2.61. The SMILES string of the molecule is CC(CCCC(C)C1CCC2C1C(O)CC1C2C(O)CC2CC(O)CCC21C)C(=O)O. The molecule has 5 heteroatoms. The molecule has 4 aliphatic carbocycles. The molecule has 4 saturated carbocycles. The van der Waals surface area contributed by atoms with E-state index < -0.39 is 5.97 Å². The number of hydrogen-bond donors (Lipinski definition) is 4. The third-order valence-electron chi connectivity index (χ3n) is 10.5. The van der Waals surface area contributed by atoms with Crippen LogP contribution in [0.3, 0.4) is 0 Å². The Labute approximate surface area is 187 Å². The summed E-state index contributed by atoms with van der Waals surface area (Å²) in [4.78, 5) is 11.1. The molecule has 4 fully saturated rings. The topological polar surface area (TPSA) is 98.0 Å². The highest BCUT2D eigenvalue weighted by Crippen LogP contribution is 2.64. The lowest BCUT2D eigenvalue weighted by molar-refractivity contribution is -0.181. The van der Waals surface area contributed by atoms with Gasteiger partial charge in [0, 0.05) is 0 Å². The van der Waals surface area contributed by atoms with E-state index in [1.807, 2.05) is 0 Å². The van der Waals surface area contributed by atoms with Crippen molar-refractivity contribution in [3.63, 3.8) is 0 Å². The van der Waals surface area contributed by atoms with Crippen LogP contribution in [0, 0.1) is 52.8 Å². The minimum absolute atomic E-state index is 0.131. The van der Waals surface area contributed by atoms with Gasteiger partial charge in [-0.15, -0.1) is 0 Å². The molecule has 31 heavy (non-hydrogen) atoms. The van der Waals surface area contributed by atoms with E-state index in [9.17, 15) is 20.1 Å². The van der Waals surface area contributed by atoms with Crippen molar-refractivity contribution in [2.45, 2.75) is 103 Å². The number of carboxylic acids is 1. The van der Waals surface area contributed by atoms with E-state index >= 15 is 0 Å². The maximum Gasteiger partial charge on any atom is 0.306 e. The van der Waals surface area contributed by atoms with Crippen LogP contribution in [-0.2, 0) is 4.79 Å². The van der Waals surface area contributed by atoms with Crippen LogP contribution in [0.25, 0.3) is 0 Å². The van der Waals surface area contributed by atoms with Crippen LogP contribution in [0.2, 0.25) is 0 Å². The van der Waals surface area contributed by atoms with Gasteiger partial charge in [0.05, 0.1) is 24.2 Å². The fraction of sp³-hybridized carbons (Fsp3) is 0.962. The second-order valence-corrected chi connectivity index (χ2v) is 12.1. The smallest absolute Gasteiger partial charge is 0.306 e. The molecule has 12 unspecified atom stereocenters. The number of hydrogen-bond acceptors (Lipinski definition) is 4. The maximum absolute atomic E-state index is 11.4. The zero-order valence-electron chi connectivity index (χ0n) is 19.6. The minimum atomic E-state index is -0.712. The Balaban J connectivity index is 1.45. The lowest BCUT2D eigenvalue weighted by Crippen LogP contribution is -2.59. The summed E-state index contributed by atoms with van der Waals surface area (Å²) in [6.07, 6.45) is 8.32. The van der Waals surface area contributed by atoms with Gasteiger partial charge in [-0.3, -0.25) is 4.79 Å². The summed E-state index contributed by atoms with van der Waals surface area (Å²) in [5, 5.41) is 41.9. The first-order valence-corrected chi connectivity index (χ1v) is 12.9. The summed E-state index contributed by atoms with van der Waals surface area (Å²) >= 11 is 0. The Hall–Kier alpha value is -0.650. The third kappa shape index (κ3) is 4.19. The van der Waals surface area contributed by atoms with Gasteiger partial charge in [0.1, 0.15) is 0 Å². The molecule has 0 aromatic rings. The predicted octanol–water partition coefficient (Wildman–Crippen LogP) is 4.08. The van der Waals surface area contributed by atoms with Crippen molar-refractivity contribution in [2.24, 2.45) is 52.8 Å². The molecule has 0 bridgehead atoms. The third-order valence-corrected chi connectivity index (χ3v) is 10.5. The van der Waals surface area contributed by atoms with Gasteiger partial charge in [0.25, 0.3) is 0 Å². The molecule has 5 nitrogen and oxygen atoms in total. The second-order valence-electron chi connectivity index (χ2n) is 12.1. The van der Waals surface area contributed by atoms with Crippen LogP contribution in [0.4, 0.5) is 0 Å². The van der Waals surface area contributed by atoms with Crippen LogP contribution in [0.15, 0.2) is 0 Å². The fourth-order valence-corrected chi connectivity index (χ4v) is 8.69. The van der Waals surface area contributed by atoms with E-state index in [-0.39, 0.29) is 41.5 Å². The zero-order valence-corrected chi connectivity index (χ0v) is 19.6. The highest BCUT2D eigenvalue weighted by molar-refractivity contribution is 5.69. The van der Waals surface area contributed by atoms with E-state index in [1.165, 1.54) is 0 Å². The summed E-state index contributed by atoms with van der Waals surface area (Å²) in [7, 11) is 0. The summed E-state index contributed by atoms with van der Waals surface area (Å²) < 4.78 is 0. The normalized spacial score (nSPS) is 48.9. The maximum atomic E-state index is 11.4. The standard InChI is InChI=1S/C26H44O5/c1-14(5-4-6-15(2)25(30)31)18-7-8-19-23(18)22(29)13-20-24(19)21(28)12-16-11-17(27)9-10-26(16,20)3/h14-24,27-29H,4-13H2,1-3H3,(H,30,31). The van der Waals surface area contributed by atoms with E-state index in [0.717, 1.165) is 64.2 Å². The molecule has 0 spiro atoms. The van der Waals surface area contributed by atoms with Gasteiger partial charge in [0.15, 0.2) is 0 Å². The van der Waals surface area contributed by atoms with Crippen LogP contribution >= 0.6 is 0 Å². The van der Waals surface area contributed by atoms with Crippen molar-refractivity contribution < 1.29 is 25.2 Å².